The van der Waals surface area contributed by atoms with Gasteiger partial charge in [-0.15, -0.1) is 0 Å². The third kappa shape index (κ3) is 2.07. The average molecular weight is 249 g/mol. The van der Waals surface area contributed by atoms with Gasteiger partial charge in [0.2, 0.25) is 0 Å². The molecule has 0 aromatic heterocycles. The molecule has 0 aliphatic carbocycles. The van der Waals surface area contributed by atoms with E-state index < -0.39 is 0 Å². The maximum atomic E-state index is 6.27. The summed E-state index contributed by atoms with van der Waals surface area (Å²) in [4.78, 5) is 0. The first-order valence-electron chi connectivity index (χ1n) is 6.73. The molecule has 3 heteroatoms. The topological polar surface area (TPSA) is 30.5 Å². The van der Waals surface area contributed by atoms with E-state index in [0.717, 1.165) is 36.3 Å². The molecule has 1 aliphatic heterocycles. The van der Waals surface area contributed by atoms with Gasteiger partial charge in [0.25, 0.3) is 0 Å². The van der Waals surface area contributed by atoms with E-state index in [4.69, 9.17) is 9.47 Å². The van der Waals surface area contributed by atoms with E-state index in [1.807, 2.05) is 25.2 Å². The Kier molecular flexibility index (Phi) is 3.81. The summed E-state index contributed by atoms with van der Waals surface area (Å²) in [5.41, 5.74) is 1.10. The van der Waals surface area contributed by atoms with Crippen LogP contribution in [0.3, 0.4) is 0 Å². The van der Waals surface area contributed by atoms with Gasteiger partial charge >= 0.3 is 0 Å². The number of hydrogen-bond acceptors (Lipinski definition) is 3. The van der Waals surface area contributed by atoms with Crippen LogP contribution in [-0.4, -0.2) is 19.8 Å². The predicted octanol–water partition coefficient (Wildman–Crippen LogP) is 3.30. The van der Waals surface area contributed by atoms with Crippen molar-refractivity contribution in [2.75, 3.05) is 14.2 Å². The summed E-state index contributed by atoms with van der Waals surface area (Å²) in [5.74, 6) is 1.87. The van der Waals surface area contributed by atoms with Gasteiger partial charge in [-0.05, 0) is 32.0 Å². The van der Waals surface area contributed by atoms with Gasteiger partial charge < -0.3 is 14.8 Å². The normalized spacial score (nSPS) is 21.0. The zero-order valence-corrected chi connectivity index (χ0v) is 11.7. The van der Waals surface area contributed by atoms with Gasteiger partial charge in [0.1, 0.15) is 17.1 Å². The van der Waals surface area contributed by atoms with Crippen LogP contribution in [0.15, 0.2) is 18.2 Å². The molecule has 1 aromatic rings. The van der Waals surface area contributed by atoms with Gasteiger partial charge in [0.05, 0.1) is 12.7 Å². The summed E-state index contributed by atoms with van der Waals surface area (Å²) >= 11 is 0. The van der Waals surface area contributed by atoms with Crippen LogP contribution in [0.4, 0.5) is 0 Å². The minimum Gasteiger partial charge on any atom is -0.496 e. The highest BCUT2D eigenvalue weighted by Gasteiger charge is 2.39. The number of hydrogen-bond donors (Lipinski definition) is 1. The van der Waals surface area contributed by atoms with Crippen molar-refractivity contribution < 1.29 is 9.47 Å². The third-order valence-corrected chi connectivity index (χ3v) is 4.13. The van der Waals surface area contributed by atoms with Gasteiger partial charge in [0, 0.05) is 12.5 Å². The van der Waals surface area contributed by atoms with Crippen molar-refractivity contribution in [1.82, 2.24) is 5.32 Å². The summed E-state index contributed by atoms with van der Waals surface area (Å²) in [7, 11) is 3.71. The van der Waals surface area contributed by atoms with E-state index in [1.54, 1.807) is 7.11 Å². The minimum atomic E-state index is -0.0486. The Morgan fingerprint density at radius 1 is 1.39 bits per heavy atom. The highest BCUT2D eigenvalue weighted by molar-refractivity contribution is 5.48. The van der Waals surface area contributed by atoms with Crippen LogP contribution in [0.2, 0.25) is 0 Å². The van der Waals surface area contributed by atoms with Crippen molar-refractivity contribution in [2.24, 2.45) is 0 Å². The van der Waals surface area contributed by atoms with Crippen LogP contribution in [-0.2, 0) is 0 Å². The van der Waals surface area contributed by atoms with Crippen molar-refractivity contribution >= 4 is 0 Å². The maximum absolute atomic E-state index is 6.27. The van der Waals surface area contributed by atoms with E-state index in [1.165, 1.54) is 0 Å². The molecule has 0 amide bonds. The lowest BCUT2D eigenvalue weighted by Crippen LogP contribution is -2.42. The molecule has 1 atom stereocenters. The fraction of sp³-hybridized carbons (Fsp3) is 0.600. The lowest BCUT2D eigenvalue weighted by Gasteiger charge is -2.41. The second-order valence-corrected chi connectivity index (χ2v) is 4.91. The molecule has 0 bridgehead atoms. The first-order valence-corrected chi connectivity index (χ1v) is 6.73. The number of nitrogens with one attached hydrogen (secondary N) is 1. The monoisotopic (exact) mass is 249 g/mol. The second-order valence-electron chi connectivity index (χ2n) is 4.91. The number of rotatable bonds is 4. The Labute approximate surface area is 109 Å². The fourth-order valence-corrected chi connectivity index (χ4v) is 2.81. The largest absolute Gasteiger partial charge is 0.496 e. The molecule has 1 aromatic carbocycles. The van der Waals surface area contributed by atoms with Gasteiger partial charge in [-0.3, -0.25) is 0 Å². The lowest BCUT2D eigenvalue weighted by atomic mass is 9.83. The molecule has 1 N–H and O–H groups in total. The highest BCUT2D eigenvalue weighted by atomic mass is 16.5. The molecule has 0 spiro atoms. The molecule has 100 valence electrons. The van der Waals surface area contributed by atoms with Gasteiger partial charge in [0.15, 0.2) is 0 Å². The first-order chi connectivity index (χ1) is 8.69. The molecule has 1 unspecified atom stereocenters. The Balaban J connectivity index is 2.47. The van der Waals surface area contributed by atoms with Gasteiger partial charge in [-0.25, -0.2) is 0 Å². The minimum absolute atomic E-state index is 0.0486. The Morgan fingerprint density at radius 2 is 2.11 bits per heavy atom. The Morgan fingerprint density at radius 3 is 2.67 bits per heavy atom. The molecule has 1 heterocycles. The molecule has 18 heavy (non-hydrogen) atoms. The zero-order chi connectivity index (χ0) is 13.2. The third-order valence-electron chi connectivity index (χ3n) is 4.13. The average Bonchev–Trinajstić information content (AvgIpc) is 2.45. The van der Waals surface area contributed by atoms with Crippen LogP contribution < -0.4 is 14.8 Å². The molecule has 1 aliphatic rings. The SMILES string of the molecule is CCC1(CC)CC(NC)c2c(OC)cccc2O1. The van der Waals surface area contributed by atoms with Crippen LogP contribution >= 0.6 is 0 Å². The van der Waals surface area contributed by atoms with Crippen molar-refractivity contribution in [3.8, 4) is 11.5 Å². The van der Waals surface area contributed by atoms with E-state index >= 15 is 0 Å². The molecule has 0 radical (unpaired) electrons. The van der Waals surface area contributed by atoms with Crippen molar-refractivity contribution in [1.29, 1.82) is 0 Å². The molecular weight excluding hydrogens is 226 g/mol. The molecular formula is C15H23NO2. The number of ether oxygens (including phenoxy) is 2. The zero-order valence-electron chi connectivity index (χ0n) is 11.7. The van der Waals surface area contributed by atoms with Crippen molar-refractivity contribution in [3.63, 3.8) is 0 Å². The first kappa shape index (κ1) is 13.2. The smallest absolute Gasteiger partial charge is 0.128 e. The Hall–Kier alpha value is -1.22. The number of methoxy groups -OCH3 is 1. The second kappa shape index (κ2) is 5.19. The number of fused-ring (bicyclic) bond motifs is 1. The van der Waals surface area contributed by atoms with Gasteiger partial charge in [-0.2, -0.15) is 0 Å². The standard InChI is InChI=1S/C15H23NO2/c1-5-15(6-2)10-11(16-3)14-12(17-4)8-7-9-13(14)18-15/h7-9,11,16H,5-6,10H2,1-4H3. The summed E-state index contributed by atoms with van der Waals surface area (Å²) in [6.45, 7) is 4.39. The maximum Gasteiger partial charge on any atom is 0.128 e. The molecule has 3 nitrogen and oxygen atoms in total. The summed E-state index contributed by atoms with van der Waals surface area (Å²) in [6.07, 6.45) is 3.04. The fourth-order valence-electron chi connectivity index (χ4n) is 2.81. The van der Waals surface area contributed by atoms with E-state index in [0.29, 0.717) is 6.04 Å². The Bertz CT molecular complexity index is 413. The van der Waals surface area contributed by atoms with Crippen LogP contribution in [0.1, 0.15) is 44.7 Å². The summed E-state index contributed by atoms with van der Waals surface area (Å²) < 4.78 is 11.7. The molecule has 2 rings (SSSR count). The predicted molar refractivity (Wildman–Crippen MR) is 73.4 cm³/mol. The van der Waals surface area contributed by atoms with Crippen molar-refractivity contribution in [3.05, 3.63) is 23.8 Å². The van der Waals surface area contributed by atoms with E-state index in [-0.39, 0.29) is 5.60 Å². The summed E-state index contributed by atoms with van der Waals surface area (Å²) in [5, 5.41) is 3.40. The number of benzene rings is 1. The van der Waals surface area contributed by atoms with Crippen LogP contribution in [0, 0.1) is 0 Å². The quantitative estimate of drug-likeness (QED) is 0.888. The summed E-state index contributed by atoms with van der Waals surface area (Å²) in [6, 6.07) is 6.33. The molecule has 0 saturated heterocycles. The van der Waals surface area contributed by atoms with Crippen LogP contribution in [0.25, 0.3) is 0 Å². The van der Waals surface area contributed by atoms with Gasteiger partial charge in [-0.1, -0.05) is 19.9 Å². The van der Waals surface area contributed by atoms with Crippen molar-refractivity contribution in [2.45, 2.75) is 44.8 Å². The van der Waals surface area contributed by atoms with E-state index in [9.17, 15) is 0 Å². The highest BCUT2D eigenvalue weighted by Crippen LogP contribution is 2.46. The molecule has 0 fully saturated rings. The van der Waals surface area contributed by atoms with Crippen LogP contribution in [0.5, 0.6) is 11.5 Å². The molecule has 0 saturated carbocycles. The van der Waals surface area contributed by atoms with E-state index in [2.05, 4.69) is 19.2 Å². The lowest BCUT2D eigenvalue weighted by molar-refractivity contribution is 0.0230.